The molecule has 1 aliphatic heterocycles. The largest absolute Gasteiger partial charge is 0.417 e. The third-order valence-corrected chi connectivity index (χ3v) is 7.71. The van der Waals surface area contributed by atoms with Crippen molar-refractivity contribution < 1.29 is 17.6 Å². The Hall–Kier alpha value is -2.68. The molecular formula is C26H34F4N4S. The summed E-state index contributed by atoms with van der Waals surface area (Å²) in [5.41, 5.74) is 14.8. The molecule has 5 N–H and O–H groups in total. The van der Waals surface area contributed by atoms with Gasteiger partial charge in [0.15, 0.2) is 0 Å². The van der Waals surface area contributed by atoms with E-state index in [1.807, 2.05) is 18.7 Å². The van der Waals surface area contributed by atoms with Crippen molar-refractivity contribution in [2.45, 2.75) is 58.0 Å². The molecule has 0 saturated carbocycles. The van der Waals surface area contributed by atoms with Crippen LogP contribution in [0.3, 0.4) is 0 Å². The first kappa shape index (κ1) is 28.6. The number of hydrogen-bond donors (Lipinski definition) is 3. The van der Waals surface area contributed by atoms with Crippen LogP contribution >= 0.6 is 11.8 Å². The highest BCUT2D eigenvalue weighted by Crippen LogP contribution is 2.45. The highest BCUT2D eigenvalue weighted by atomic mass is 32.2. The lowest BCUT2D eigenvalue weighted by Crippen LogP contribution is -2.36. The highest BCUT2D eigenvalue weighted by molar-refractivity contribution is 8.03. The van der Waals surface area contributed by atoms with E-state index in [9.17, 15) is 17.6 Å². The topological polar surface area (TPSA) is 79.1 Å². The zero-order valence-corrected chi connectivity index (χ0v) is 21.5. The smallest absolute Gasteiger partial charge is 0.397 e. The molecule has 35 heavy (non-hydrogen) atoms. The Morgan fingerprint density at radius 1 is 1.29 bits per heavy atom. The Labute approximate surface area is 209 Å². The van der Waals surface area contributed by atoms with E-state index in [1.54, 1.807) is 0 Å². The second kappa shape index (κ2) is 11.8. The first-order valence-corrected chi connectivity index (χ1v) is 12.3. The fraction of sp³-hybridized carbons (Fsp3) is 0.423. The van der Waals surface area contributed by atoms with Crippen molar-refractivity contribution in [1.82, 2.24) is 4.90 Å². The maximum atomic E-state index is 13.7. The van der Waals surface area contributed by atoms with Crippen LogP contribution in [0.5, 0.6) is 0 Å². The zero-order valence-electron chi connectivity index (χ0n) is 20.7. The van der Waals surface area contributed by atoms with Crippen molar-refractivity contribution in [3.63, 3.8) is 0 Å². The number of rotatable bonds is 9. The van der Waals surface area contributed by atoms with Gasteiger partial charge in [-0.2, -0.15) is 13.2 Å². The molecule has 2 rings (SSSR count). The number of benzene rings is 1. The van der Waals surface area contributed by atoms with Gasteiger partial charge in [0.1, 0.15) is 5.82 Å². The number of nitrogens with zero attached hydrogens (tertiary/aromatic N) is 1. The van der Waals surface area contributed by atoms with Crippen LogP contribution < -0.4 is 11.5 Å². The lowest BCUT2D eigenvalue weighted by Gasteiger charge is -2.37. The van der Waals surface area contributed by atoms with Gasteiger partial charge >= 0.3 is 6.18 Å². The van der Waals surface area contributed by atoms with E-state index in [0.29, 0.717) is 37.7 Å². The molecule has 1 unspecified atom stereocenters. The van der Waals surface area contributed by atoms with Crippen molar-refractivity contribution >= 4 is 18.0 Å². The molecule has 0 spiro atoms. The molecule has 1 aromatic rings. The molecule has 1 aromatic carbocycles. The quantitative estimate of drug-likeness (QED) is 0.145. The SMILES string of the molecule is C=C(N)/C(N)=C(\C=N)N1CCC(/C(Sc2ccc(F)cc2C(F)(F)F)=C(\C)CC)=C(C(C)CC)C1. The Kier molecular flexibility index (Phi) is 9.66. The average Bonchev–Trinajstić information content (AvgIpc) is 2.82. The van der Waals surface area contributed by atoms with Crippen molar-refractivity contribution in [2.24, 2.45) is 17.4 Å². The number of alkyl halides is 3. The fourth-order valence-electron chi connectivity index (χ4n) is 3.95. The van der Waals surface area contributed by atoms with Crippen LogP contribution in [0, 0.1) is 17.1 Å². The zero-order chi connectivity index (χ0) is 26.5. The van der Waals surface area contributed by atoms with Crippen LogP contribution in [0.4, 0.5) is 17.6 Å². The van der Waals surface area contributed by atoms with Crippen LogP contribution in [0.25, 0.3) is 0 Å². The van der Waals surface area contributed by atoms with Gasteiger partial charge in [-0.05, 0) is 61.4 Å². The fourth-order valence-corrected chi connectivity index (χ4v) is 5.26. The molecule has 0 radical (unpaired) electrons. The summed E-state index contributed by atoms with van der Waals surface area (Å²) in [6.45, 7) is 12.7. The van der Waals surface area contributed by atoms with Gasteiger partial charge in [-0.1, -0.05) is 44.7 Å². The number of hydrogen-bond acceptors (Lipinski definition) is 5. The number of thioether (sulfide) groups is 1. The van der Waals surface area contributed by atoms with Gasteiger partial charge in [-0.15, -0.1) is 0 Å². The molecule has 9 heteroatoms. The minimum Gasteiger partial charge on any atom is -0.397 e. The number of allylic oxidation sites excluding steroid dienone is 3. The van der Waals surface area contributed by atoms with E-state index < -0.39 is 17.6 Å². The predicted molar refractivity (Wildman–Crippen MR) is 136 cm³/mol. The first-order chi connectivity index (χ1) is 16.3. The summed E-state index contributed by atoms with van der Waals surface area (Å²) in [4.78, 5) is 2.73. The number of nitrogens with one attached hydrogen (secondary N) is 1. The molecule has 1 aliphatic rings. The third kappa shape index (κ3) is 6.72. The summed E-state index contributed by atoms with van der Waals surface area (Å²) >= 11 is 1.05. The monoisotopic (exact) mass is 510 g/mol. The van der Waals surface area contributed by atoms with Gasteiger partial charge in [0.2, 0.25) is 0 Å². The highest BCUT2D eigenvalue weighted by Gasteiger charge is 2.35. The van der Waals surface area contributed by atoms with Crippen molar-refractivity contribution in [2.75, 3.05) is 13.1 Å². The summed E-state index contributed by atoms with van der Waals surface area (Å²) in [7, 11) is 0. The van der Waals surface area contributed by atoms with E-state index >= 15 is 0 Å². The Balaban J connectivity index is 2.65. The van der Waals surface area contributed by atoms with Crippen LogP contribution in [0.15, 0.2) is 68.4 Å². The molecule has 0 saturated heterocycles. The van der Waals surface area contributed by atoms with Crippen LogP contribution in [-0.2, 0) is 6.18 Å². The van der Waals surface area contributed by atoms with Gasteiger partial charge < -0.3 is 21.8 Å². The van der Waals surface area contributed by atoms with Gasteiger partial charge in [-0.25, -0.2) is 4.39 Å². The van der Waals surface area contributed by atoms with E-state index in [2.05, 4.69) is 20.4 Å². The lowest BCUT2D eigenvalue weighted by molar-refractivity contribution is -0.139. The Bertz CT molecular complexity index is 1070. The van der Waals surface area contributed by atoms with E-state index in [-0.39, 0.29) is 22.2 Å². The van der Waals surface area contributed by atoms with Crippen LogP contribution in [-0.4, -0.2) is 24.2 Å². The molecule has 0 aliphatic carbocycles. The summed E-state index contributed by atoms with van der Waals surface area (Å²) in [5.74, 6) is -0.769. The lowest BCUT2D eigenvalue weighted by atomic mass is 9.87. The average molecular weight is 511 g/mol. The maximum Gasteiger partial charge on any atom is 0.417 e. The second-order valence-electron chi connectivity index (χ2n) is 8.66. The summed E-state index contributed by atoms with van der Waals surface area (Å²) < 4.78 is 54.8. The molecule has 0 aromatic heterocycles. The second-order valence-corrected chi connectivity index (χ2v) is 9.71. The minimum atomic E-state index is -4.67. The minimum absolute atomic E-state index is 0.0242. The Morgan fingerprint density at radius 3 is 2.46 bits per heavy atom. The van der Waals surface area contributed by atoms with Crippen LogP contribution in [0.1, 0.15) is 52.5 Å². The van der Waals surface area contributed by atoms with E-state index in [4.69, 9.17) is 16.9 Å². The van der Waals surface area contributed by atoms with Gasteiger partial charge in [0, 0.05) is 34.8 Å². The van der Waals surface area contributed by atoms with Gasteiger partial charge in [-0.3, -0.25) is 0 Å². The summed E-state index contributed by atoms with van der Waals surface area (Å²) in [6.07, 6.45) is -1.45. The first-order valence-electron chi connectivity index (χ1n) is 11.5. The predicted octanol–water partition coefficient (Wildman–Crippen LogP) is 6.96. The third-order valence-electron chi connectivity index (χ3n) is 6.34. The van der Waals surface area contributed by atoms with Gasteiger partial charge in [0.25, 0.3) is 0 Å². The molecule has 0 bridgehead atoms. The maximum absolute atomic E-state index is 13.7. The van der Waals surface area contributed by atoms with Crippen molar-refractivity contribution in [3.8, 4) is 0 Å². The van der Waals surface area contributed by atoms with E-state index in [1.165, 1.54) is 6.07 Å². The van der Waals surface area contributed by atoms with Crippen molar-refractivity contribution in [3.05, 3.63) is 74.9 Å². The summed E-state index contributed by atoms with van der Waals surface area (Å²) in [6, 6.07) is 2.82. The molecule has 0 fully saturated rings. The van der Waals surface area contributed by atoms with Gasteiger partial charge in [0.05, 0.1) is 17.0 Å². The normalized spacial score (nSPS) is 17.1. The summed E-state index contributed by atoms with van der Waals surface area (Å²) in [5, 5.41) is 7.85. The molecular weight excluding hydrogens is 476 g/mol. The number of halogens is 4. The number of nitrogens with two attached hydrogens (primary N) is 2. The molecule has 192 valence electrons. The standard InChI is InChI=1S/C26H34F4N4S/c1-6-15(3)20-14-34(22(13-31)24(33)17(5)32)11-10-19(20)25(16(4)7-2)35-23-9-8-18(27)12-21(23)26(28,29)30/h8-9,12-13,15,31H,5-7,10-11,14,32-33H2,1-4H3/b24-22-,25-16-,31-13?. The van der Waals surface area contributed by atoms with Crippen LogP contribution in [0.2, 0.25) is 0 Å². The molecule has 1 heterocycles. The molecule has 4 nitrogen and oxygen atoms in total. The molecule has 0 amide bonds. The van der Waals surface area contributed by atoms with E-state index in [0.717, 1.165) is 52.1 Å². The Morgan fingerprint density at radius 2 is 1.94 bits per heavy atom. The van der Waals surface area contributed by atoms with Crippen molar-refractivity contribution in [1.29, 1.82) is 5.41 Å². The molecule has 1 atom stereocenters.